The first-order chi connectivity index (χ1) is 4.75. The highest BCUT2D eigenvalue weighted by Crippen LogP contribution is 2.42. The summed E-state index contributed by atoms with van der Waals surface area (Å²) in [5.41, 5.74) is -0.143. The van der Waals surface area contributed by atoms with Gasteiger partial charge in [-0.3, -0.25) is 0 Å². The maximum absolute atomic E-state index is 10.8. The molecule has 0 amide bonds. The van der Waals surface area contributed by atoms with E-state index in [1.165, 1.54) is 0 Å². The highest BCUT2D eigenvalue weighted by Gasteiger charge is 2.38. The van der Waals surface area contributed by atoms with Gasteiger partial charge >= 0.3 is 0 Å². The Kier molecular flexibility index (Phi) is 2.87. The minimum atomic E-state index is -0.221. The average Bonchev–Trinajstić information content (AvgIpc) is 1.87. The molecule has 0 bridgehead atoms. The molecule has 0 radical (unpaired) electrons. The molecule has 0 aliphatic heterocycles. The van der Waals surface area contributed by atoms with Gasteiger partial charge in [0.05, 0.1) is 0 Å². The van der Waals surface area contributed by atoms with Crippen molar-refractivity contribution in [3.8, 4) is 0 Å². The smallest absolute Gasteiger partial charge is 0.126 e. The predicted octanol–water partition coefficient (Wildman–Crippen LogP) is 2.89. The zero-order chi connectivity index (χ0) is 9.28. The quantitative estimate of drug-likeness (QED) is 0.574. The van der Waals surface area contributed by atoms with Crippen LogP contribution in [-0.4, -0.2) is 6.29 Å². The van der Waals surface area contributed by atoms with Crippen LogP contribution in [0.4, 0.5) is 0 Å². The Balaban J connectivity index is 4.66. The van der Waals surface area contributed by atoms with Crippen molar-refractivity contribution in [3.05, 3.63) is 0 Å². The van der Waals surface area contributed by atoms with E-state index in [0.29, 0.717) is 5.92 Å². The van der Waals surface area contributed by atoms with Crippen molar-refractivity contribution in [2.24, 2.45) is 16.7 Å². The van der Waals surface area contributed by atoms with Crippen LogP contribution in [-0.2, 0) is 4.79 Å². The van der Waals surface area contributed by atoms with Crippen molar-refractivity contribution in [2.75, 3.05) is 0 Å². The van der Waals surface area contributed by atoms with Gasteiger partial charge in [-0.05, 0) is 11.3 Å². The van der Waals surface area contributed by atoms with Crippen LogP contribution in [0.1, 0.15) is 41.5 Å². The first-order valence-electron chi connectivity index (χ1n) is 4.22. The van der Waals surface area contributed by atoms with Crippen LogP contribution in [0.15, 0.2) is 0 Å². The number of rotatable bonds is 3. The van der Waals surface area contributed by atoms with E-state index in [1.54, 1.807) is 0 Å². The third-order valence-corrected chi connectivity index (χ3v) is 3.40. The number of aldehydes is 1. The maximum Gasteiger partial charge on any atom is 0.126 e. The van der Waals surface area contributed by atoms with Crippen molar-refractivity contribution in [1.29, 1.82) is 0 Å². The molecule has 0 unspecified atom stereocenters. The first kappa shape index (κ1) is 10.7. The molecule has 0 atom stereocenters. The molecule has 0 aromatic carbocycles. The molecule has 0 aliphatic carbocycles. The molecule has 1 nitrogen and oxygen atoms in total. The van der Waals surface area contributed by atoms with E-state index in [-0.39, 0.29) is 10.8 Å². The number of hydrogen-bond donors (Lipinski definition) is 0. The van der Waals surface area contributed by atoms with Gasteiger partial charge in [0.2, 0.25) is 0 Å². The molecular weight excluding hydrogens is 136 g/mol. The zero-order valence-corrected chi connectivity index (χ0v) is 8.56. The van der Waals surface area contributed by atoms with Gasteiger partial charge in [0, 0.05) is 5.41 Å². The Bertz CT molecular complexity index is 143. The fourth-order valence-corrected chi connectivity index (χ4v) is 0.896. The fourth-order valence-electron chi connectivity index (χ4n) is 0.896. The standard InChI is InChI=1S/C10H20O/c1-8(2)10(5,6)9(3,4)7-11/h7-8H,1-6H3. The Hall–Kier alpha value is -0.330. The van der Waals surface area contributed by atoms with E-state index in [4.69, 9.17) is 0 Å². The third-order valence-electron chi connectivity index (χ3n) is 3.40. The summed E-state index contributed by atoms with van der Waals surface area (Å²) in [6, 6.07) is 0. The highest BCUT2D eigenvalue weighted by molar-refractivity contribution is 5.59. The molecule has 0 N–H and O–H groups in total. The summed E-state index contributed by atoms with van der Waals surface area (Å²) in [7, 11) is 0. The maximum atomic E-state index is 10.8. The highest BCUT2D eigenvalue weighted by atomic mass is 16.1. The van der Waals surface area contributed by atoms with Crippen molar-refractivity contribution in [1.82, 2.24) is 0 Å². The van der Waals surface area contributed by atoms with E-state index in [0.717, 1.165) is 6.29 Å². The topological polar surface area (TPSA) is 17.1 Å². The number of carbonyl (C=O) groups excluding carboxylic acids is 1. The van der Waals surface area contributed by atoms with Gasteiger partial charge in [0.15, 0.2) is 0 Å². The van der Waals surface area contributed by atoms with Crippen molar-refractivity contribution < 1.29 is 4.79 Å². The number of carbonyl (C=O) groups is 1. The summed E-state index contributed by atoms with van der Waals surface area (Å²) in [6.07, 6.45) is 1.06. The molecule has 0 rings (SSSR count). The van der Waals surface area contributed by atoms with Crippen LogP contribution in [0.25, 0.3) is 0 Å². The van der Waals surface area contributed by atoms with Gasteiger partial charge < -0.3 is 4.79 Å². The predicted molar refractivity (Wildman–Crippen MR) is 48.5 cm³/mol. The van der Waals surface area contributed by atoms with Gasteiger partial charge in [0.1, 0.15) is 6.29 Å². The minimum Gasteiger partial charge on any atom is -0.303 e. The zero-order valence-electron chi connectivity index (χ0n) is 8.56. The SMILES string of the molecule is CC(C)C(C)(C)C(C)(C)C=O. The lowest BCUT2D eigenvalue weighted by atomic mass is 9.63. The molecule has 0 fully saturated rings. The van der Waals surface area contributed by atoms with Crippen LogP contribution >= 0.6 is 0 Å². The lowest BCUT2D eigenvalue weighted by Crippen LogP contribution is -2.38. The molecule has 0 aliphatic rings. The molecule has 0 aromatic rings. The summed E-state index contributed by atoms with van der Waals surface area (Å²) in [5.74, 6) is 0.530. The second-order valence-corrected chi connectivity index (χ2v) is 4.72. The van der Waals surface area contributed by atoms with Gasteiger partial charge in [-0.1, -0.05) is 41.5 Å². The summed E-state index contributed by atoms with van der Waals surface area (Å²) < 4.78 is 0. The van der Waals surface area contributed by atoms with E-state index in [9.17, 15) is 4.79 Å². The monoisotopic (exact) mass is 156 g/mol. The van der Waals surface area contributed by atoms with Crippen LogP contribution in [0.3, 0.4) is 0 Å². The molecule has 0 heterocycles. The summed E-state index contributed by atoms with van der Waals surface area (Å²) in [6.45, 7) is 12.6. The van der Waals surface area contributed by atoms with Crippen LogP contribution in [0.2, 0.25) is 0 Å². The molecule has 0 spiro atoms. The van der Waals surface area contributed by atoms with E-state index in [1.807, 2.05) is 13.8 Å². The van der Waals surface area contributed by atoms with Crippen molar-refractivity contribution in [2.45, 2.75) is 41.5 Å². The van der Waals surface area contributed by atoms with Gasteiger partial charge in [-0.25, -0.2) is 0 Å². The fraction of sp³-hybridized carbons (Fsp3) is 0.900. The van der Waals surface area contributed by atoms with Crippen molar-refractivity contribution >= 4 is 6.29 Å². The van der Waals surface area contributed by atoms with E-state index in [2.05, 4.69) is 27.7 Å². The first-order valence-corrected chi connectivity index (χ1v) is 4.22. The molecule has 1 heteroatoms. The Morgan fingerprint density at radius 2 is 1.45 bits per heavy atom. The lowest BCUT2D eigenvalue weighted by Gasteiger charge is -2.41. The molecule has 0 saturated heterocycles. The van der Waals surface area contributed by atoms with Crippen LogP contribution in [0.5, 0.6) is 0 Å². The second kappa shape index (κ2) is 2.96. The van der Waals surface area contributed by atoms with Gasteiger partial charge in [-0.15, -0.1) is 0 Å². The van der Waals surface area contributed by atoms with Crippen LogP contribution in [0, 0.1) is 16.7 Å². The molecule has 66 valence electrons. The minimum absolute atomic E-state index is 0.0781. The number of hydrogen-bond acceptors (Lipinski definition) is 1. The normalized spacial score (nSPS) is 13.7. The summed E-state index contributed by atoms with van der Waals surface area (Å²) >= 11 is 0. The van der Waals surface area contributed by atoms with Crippen LogP contribution < -0.4 is 0 Å². The van der Waals surface area contributed by atoms with E-state index < -0.39 is 0 Å². The van der Waals surface area contributed by atoms with Crippen molar-refractivity contribution in [3.63, 3.8) is 0 Å². The average molecular weight is 156 g/mol. The summed E-state index contributed by atoms with van der Waals surface area (Å²) in [5, 5.41) is 0. The molecule has 0 saturated carbocycles. The Morgan fingerprint density at radius 3 is 1.55 bits per heavy atom. The molecular formula is C10H20O. The Labute approximate surface area is 70.2 Å². The molecule has 11 heavy (non-hydrogen) atoms. The van der Waals surface area contributed by atoms with E-state index >= 15 is 0 Å². The largest absolute Gasteiger partial charge is 0.303 e. The Morgan fingerprint density at radius 1 is 1.09 bits per heavy atom. The summed E-state index contributed by atoms with van der Waals surface area (Å²) in [4.78, 5) is 10.8. The third kappa shape index (κ3) is 1.82. The van der Waals surface area contributed by atoms with Gasteiger partial charge in [0.25, 0.3) is 0 Å². The second-order valence-electron chi connectivity index (χ2n) is 4.72. The van der Waals surface area contributed by atoms with Gasteiger partial charge in [-0.2, -0.15) is 0 Å². The lowest BCUT2D eigenvalue weighted by molar-refractivity contribution is -0.121. The molecule has 0 aromatic heterocycles.